The maximum Gasteiger partial charge on any atom is 0.379 e. The molecule has 0 fully saturated rings. The number of hydrogen-bond donors (Lipinski definition) is 4. The third-order valence-corrected chi connectivity index (χ3v) is 4.22. The molecule has 180 valence electrons. The average molecular weight is 467 g/mol. The first-order valence-corrected chi connectivity index (χ1v) is 9.88. The van der Waals surface area contributed by atoms with Crippen LogP contribution in [-0.2, 0) is 16.0 Å². The van der Waals surface area contributed by atoms with Gasteiger partial charge in [-0.3, -0.25) is 15.0 Å². The molecular weight excluding hydrogens is 440 g/mol. The Morgan fingerprint density at radius 1 is 1.21 bits per heavy atom. The monoisotopic (exact) mass is 467 g/mol. The molecule has 2 rings (SSSR count). The molecule has 1 unspecified atom stereocenters. The van der Waals surface area contributed by atoms with Crippen molar-refractivity contribution in [2.45, 2.75) is 33.1 Å². The van der Waals surface area contributed by atoms with Gasteiger partial charge in [0, 0.05) is 38.3 Å². The summed E-state index contributed by atoms with van der Waals surface area (Å²) in [6.07, 6.45) is 0.317. The minimum Gasteiger partial charge on any atom is -0.454 e. The van der Waals surface area contributed by atoms with Crippen LogP contribution in [0.4, 0.5) is 8.78 Å². The summed E-state index contributed by atoms with van der Waals surface area (Å²) in [7, 11) is 0. The van der Waals surface area contributed by atoms with Gasteiger partial charge in [-0.1, -0.05) is 6.92 Å². The summed E-state index contributed by atoms with van der Waals surface area (Å²) in [4.78, 5) is 33.6. The molecule has 0 aliphatic heterocycles. The van der Waals surface area contributed by atoms with Crippen LogP contribution in [0, 0.1) is 11.3 Å². The molecule has 1 heterocycles. The third kappa shape index (κ3) is 9.60. The predicted molar refractivity (Wildman–Crippen MR) is 115 cm³/mol. The Morgan fingerprint density at radius 2 is 1.79 bits per heavy atom. The van der Waals surface area contributed by atoms with Crippen molar-refractivity contribution in [3.8, 4) is 5.75 Å². The fraction of sp³-hybridized carbons (Fsp3) is 0.364. The number of ether oxygens (including phenoxy) is 1. The summed E-state index contributed by atoms with van der Waals surface area (Å²) in [5, 5.41) is 18.6. The lowest BCUT2D eigenvalue weighted by atomic mass is 10.1. The number of furan rings is 1. The molecule has 11 heteroatoms. The summed E-state index contributed by atoms with van der Waals surface area (Å²) in [6, 6.07) is 9.32. The number of aliphatic hydroxyl groups is 1. The lowest BCUT2D eigenvalue weighted by molar-refractivity contribution is -0.138. The average Bonchev–Trinajstić information content (AvgIpc) is 3.20. The summed E-state index contributed by atoms with van der Waals surface area (Å²) in [5.41, 5.74) is 5.89. The Morgan fingerprint density at radius 3 is 2.27 bits per heavy atom. The highest BCUT2D eigenvalue weighted by molar-refractivity contribution is 5.95. The Balaban J connectivity index is 0.000000675. The van der Waals surface area contributed by atoms with Gasteiger partial charge in [-0.2, -0.15) is 8.78 Å². The number of benzene rings is 1. The highest BCUT2D eigenvalue weighted by Crippen LogP contribution is 2.17. The van der Waals surface area contributed by atoms with Crippen LogP contribution in [0.3, 0.4) is 0 Å². The number of nitrogens with two attached hydrogens (primary N) is 1. The molecule has 0 aliphatic carbocycles. The van der Waals surface area contributed by atoms with Crippen LogP contribution < -0.4 is 15.8 Å². The van der Waals surface area contributed by atoms with Crippen molar-refractivity contribution in [2.75, 3.05) is 13.2 Å². The predicted octanol–water partition coefficient (Wildman–Crippen LogP) is 2.30. The van der Waals surface area contributed by atoms with Crippen LogP contribution in [-0.4, -0.2) is 47.7 Å². The van der Waals surface area contributed by atoms with E-state index in [1.165, 1.54) is 18.2 Å². The highest BCUT2D eigenvalue weighted by Gasteiger charge is 2.26. The van der Waals surface area contributed by atoms with E-state index >= 15 is 0 Å². The number of rotatable bonds is 9. The van der Waals surface area contributed by atoms with E-state index in [-0.39, 0.29) is 36.6 Å². The molecule has 0 aliphatic rings. The van der Waals surface area contributed by atoms with Crippen LogP contribution in [0.1, 0.15) is 42.6 Å². The molecule has 9 nitrogen and oxygen atoms in total. The van der Waals surface area contributed by atoms with E-state index < -0.39 is 17.7 Å². The summed E-state index contributed by atoms with van der Waals surface area (Å²) in [5.74, 6) is -4.72. The van der Waals surface area contributed by atoms with Gasteiger partial charge in [-0.15, -0.1) is 0 Å². The van der Waals surface area contributed by atoms with Crippen LogP contribution in [0.15, 0.2) is 40.8 Å². The Hall–Kier alpha value is -3.60. The number of nitrogen functional groups attached to an aromatic ring is 1. The van der Waals surface area contributed by atoms with E-state index in [1.54, 1.807) is 25.1 Å². The van der Waals surface area contributed by atoms with Crippen LogP contribution in [0.2, 0.25) is 0 Å². The zero-order valence-corrected chi connectivity index (χ0v) is 18.5. The smallest absolute Gasteiger partial charge is 0.379 e. The Kier molecular flexibility index (Phi) is 10.3. The van der Waals surface area contributed by atoms with Crippen LogP contribution in [0.25, 0.3) is 0 Å². The topological polar surface area (TPSA) is 156 Å². The molecule has 0 bridgehead atoms. The normalized spacial score (nSPS) is 11.6. The van der Waals surface area contributed by atoms with Crippen LogP contribution in [0.5, 0.6) is 5.75 Å². The first kappa shape index (κ1) is 27.4. The second-order valence-electron chi connectivity index (χ2n) is 7.16. The first-order valence-electron chi connectivity index (χ1n) is 9.88. The number of hydrogen-bond acceptors (Lipinski definition) is 7. The van der Waals surface area contributed by atoms with Gasteiger partial charge in [0.15, 0.2) is 5.78 Å². The molecule has 33 heavy (non-hydrogen) atoms. The van der Waals surface area contributed by atoms with E-state index in [0.29, 0.717) is 30.4 Å². The molecule has 2 aromatic rings. The number of carbonyl (C=O) groups is 3. The second-order valence-corrected chi connectivity index (χ2v) is 7.16. The molecule has 0 saturated heterocycles. The number of ketones is 1. The van der Waals surface area contributed by atoms with Gasteiger partial charge >= 0.3 is 11.9 Å². The fourth-order valence-electron chi connectivity index (χ4n) is 2.21. The van der Waals surface area contributed by atoms with Gasteiger partial charge in [0.1, 0.15) is 17.3 Å². The van der Waals surface area contributed by atoms with Gasteiger partial charge in [-0.25, -0.2) is 4.79 Å². The number of alkyl halides is 2. The largest absolute Gasteiger partial charge is 0.454 e. The zero-order chi connectivity index (χ0) is 25.2. The number of carbonyl (C=O) groups excluding carboxylic acids is 3. The summed E-state index contributed by atoms with van der Waals surface area (Å²) in [6.45, 7) is 3.24. The van der Waals surface area contributed by atoms with Gasteiger partial charge in [0.25, 0.3) is 0 Å². The number of aliphatic hydroxyl groups excluding tert-OH is 1. The number of nitrogens with one attached hydrogen (secondary N) is 2. The van der Waals surface area contributed by atoms with Crippen LogP contribution >= 0.6 is 0 Å². The standard InChI is InChI=1S/C18H21N3O5.C4H6F2O/c1-11(17(23)21-8-9-22)10-14-6-7-15(25-14)18(24)26-13-4-2-12(3-5-13)16(19)20;1-3(7)4(2,5)6/h2-7,11,22H,8-10H2,1H3,(H3,19,20)(H,21,23);1-2H3. The molecule has 1 aromatic carbocycles. The van der Waals surface area contributed by atoms with Crippen molar-refractivity contribution < 1.29 is 37.4 Å². The van der Waals surface area contributed by atoms with Crippen molar-refractivity contribution >= 4 is 23.5 Å². The molecular formula is C22H27F2N3O6. The van der Waals surface area contributed by atoms with E-state index in [2.05, 4.69) is 5.32 Å². The lowest BCUT2D eigenvalue weighted by Crippen LogP contribution is -2.32. The second kappa shape index (κ2) is 12.4. The number of halogens is 2. The number of amidine groups is 1. The van der Waals surface area contributed by atoms with E-state index in [9.17, 15) is 23.2 Å². The Labute approximate surface area is 189 Å². The Bertz CT molecular complexity index is 967. The zero-order valence-electron chi connectivity index (χ0n) is 18.5. The lowest BCUT2D eigenvalue weighted by Gasteiger charge is -2.09. The quantitative estimate of drug-likeness (QED) is 0.191. The maximum atomic E-state index is 12.1. The maximum absolute atomic E-state index is 12.1. The molecule has 0 saturated carbocycles. The van der Waals surface area contributed by atoms with E-state index in [0.717, 1.165) is 6.92 Å². The van der Waals surface area contributed by atoms with Gasteiger partial charge in [-0.05, 0) is 36.4 Å². The molecule has 1 amide bonds. The minimum absolute atomic E-state index is 0.0265. The molecule has 0 radical (unpaired) electrons. The van der Waals surface area contributed by atoms with Crippen molar-refractivity contribution in [1.82, 2.24) is 5.32 Å². The number of esters is 1. The van der Waals surface area contributed by atoms with Gasteiger partial charge in [0.2, 0.25) is 11.7 Å². The number of Topliss-reactive ketones (excluding diaryl/α,β-unsaturated/α-hetero) is 1. The summed E-state index contributed by atoms with van der Waals surface area (Å²) < 4.78 is 33.6. The van der Waals surface area contributed by atoms with Gasteiger partial charge < -0.3 is 25.3 Å². The third-order valence-electron chi connectivity index (χ3n) is 4.22. The summed E-state index contributed by atoms with van der Waals surface area (Å²) >= 11 is 0. The van der Waals surface area contributed by atoms with Crippen molar-refractivity contribution in [2.24, 2.45) is 11.7 Å². The fourth-order valence-corrected chi connectivity index (χ4v) is 2.21. The van der Waals surface area contributed by atoms with Crippen molar-refractivity contribution in [3.63, 3.8) is 0 Å². The van der Waals surface area contributed by atoms with E-state index in [1.807, 2.05) is 0 Å². The molecule has 5 N–H and O–H groups in total. The van der Waals surface area contributed by atoms with Crippen molar-refractivity contribution in [1.29, 1.82) is 5.41 Å². The highest BCUT2D eigenvalue weighted by atomic mass is 19.3. The van der Waals surface area contributed by atoms with Gasteiger partial charge in [0.05, 0.1) is 6.61 Å². The first-order chi connectivity index (χ1) is 15.3. The minimum atomic E-state index is -3.14. The molecule has 0 spiro atoms. The molecule has 1 aromatic heterocycles. The van der Waals surface area contributed by atoms with Crippen molar-refractivity contribution in [3.05, 3.63) is 53.5 Å². The van der Waals surface area contributed by atoms with E-state index in [4.69, 9.17) is 25.4 Å². The molecule has 1 atom stereocenters. The SMILES string of the molecule is CC(=O)C(C)(F)F.CC(Cc1ccc(C(=O)Oc2ccc(C(=N)N)cc2)o1)C(=O)NCCO. The number of amides is 1.